The zero-order chi connectivity index (χ0) is 16.3. The van der Waals surface area contributed by atoms with Gasteiger partial charge in [-0.2, -0.15) is 0 Å². The first kappa shape index (κ1) is 17.1. The van der Waals surface area contributed by atoms with E-state index in [-0.39, 0.29) is 6.79 Å². The molecule has 1 aromatic carbocycles. The summed E-state index contributed by atoms with van der Waals surface area (Å²) in [5.41, 5.74) is 0.985. The third kappa shape index (κ3) is 7.05. The van der Waals surface area contributed by atoms with Crippen LogP contribution in [-0.2, 0) is 30.5 Å². The number of rotatable bonds is 7. The number of carbonyl (C=O) groups is 2. The van der Waals surface area contributed by atoms with E-state index in [0.717, 1.165) is 30.8 Å². The number of ether oxygens (including phenoxy) is 2. The third-order valence-electron chi connectivity index (χ3n) is 3.05. The molecule has 1 N–H and O–H groups in total. The Hall–Kier alpha value is -2.22. The Morgan fingerprint density at radius 2 is 1.78 bits per heavy atom. The molecule has 0 spiro atoms. The summed E-state index contributed by atoms with van der Waals surface area (Å²) >= 11 is 0. The molecule has 124 valence electrons. The monoisotopic (exact) mass is 320 g/mol. The number of hydroxylamine groups is 2. The van der Waals surface area contributed by atoms with Crippen molar-refractivity contribution < 1.29 is 23.9 Å². The van der Waals surface area contributed by atoms with E-state index in [1.165, 1.54) is 0 Å². The second-order valence-electron chi connectivity index (χ2n) is 4.84. The zero-order valence-corrected chi connectivity index (χ0v) is 12.8. The van der Waals surface area contributed by atoms with Crippen molar-refractivity contribution in [1.82, 2.24) is 10.4 Å². The van der Waals surface area contributed by atoms with Crippen molar-refractivity contribution in [1.29, 1.82) is 0 Å². The molecule has 0 bridgehead atoms. The highest BCUT2D eigenvalue weighted by atomic mass is 16.7. The van der Waals surface area contributed by atoms with Crippen molar-refractivity contribution >= 4 is 11.9 Å². The lowest BCUT2D eigenvalue weighted by Crippen LogP contribution is -2.44. The van der Waals surface area contributed by atoms with Crippen LogP contribution in [0.25, 0.3) is 0 Å². The van der Waals surface area contributed by atoms with E-state index < -0.39 is 11.9 Å². The summed E-state index contributed by atoms with van der Waals surface area (Å²) in [6.45, 7) is 2.94. The van der Waals surface area contributed by atoms with Crippen molar-refractivity contribution in [2.24, 2.45) is 0 Å². The van der Waals surface area contributed by atoms with E-state index >= 15 is 0 Å². The minimum absolute atomic E-state index is 0.176. The lowest BCUT2D eigenvalue weighted by Gasteiger charge is -2.24. The van der Waals surface area contributed by atoms with Crippen molar-refractivity contribution in [3.8, 4) is 0 Å². The molecule has 0 atom stereocenters. The number of carbonyl (C=O) groups excluding carboxylic acids is 2. The summed E-state index contributed by atoms with van der Waals surface area (Å²) in [5.74, 6) is -1.26. The normalized spacial score (nSPS) is 15.5. The Kier molecular flexibility index (Phi) is 7.25. The number of hydrogen-bond acceptors (Lipinski definition) is 7. The second kappa shape index (κ2) is 9.73. The van der Waals surface area contributed by atoms with Gasteiger partial charge < -0.3 is 19.6 Å². The fraction of sp³-hybridized carbons (Fsp3) is 0.375. The number of hydrogen-bond donors (Lipinski definition) is 1. The van der Waals surface area contributed by atoms with E-state index in [2.05, 4.69) is 5.32 Å². The minimum Gasteiger partial charge on any atom is -0.435 e. The summed E-state index contributed by atoms with van der Waals surface area (Å²) in [6, 6.07) is 9.53. The molecule has 7 nitrogen and oxygen atoms in total. The Morgan fingerprint density at radius 3 is 2.52 bits per heavy atom. The van der Waals surface area contributed by atoms with Gasteiger partial charge in [0.25, 0.3) is 0 Å². The molecule has 0 unspecified atom stereocenters. The van der Waals surface area contributed by atoms with Crippen LogP contribution in [0.4, 0.5) is 0 Å². The van der Waals surface area contributed by atoms with Crippen molar-refractivity contribution in [3.05, 3.63) is 48.0 Å². The molecule has 0 aromatic heterocycles. The van der Waals surface area contributed by atoms with Crippen molar-refractivity contribution in [2.75, 3.05) is 33.0 Å². The van der Waals surface area contributed by atoms with Gasteiger partial charge in [-0.1, -0.05) is 30.3 Å². The molecule has 1 heterocycles. The number of esters is 1. The van der Waals surface area contributed by atoms with E-state index in [1.807, 2.05) is 30.3 Å². The average molecular weight is 320 g/mol. The van der Waals surface area contributed by atoms with Crippen LogP contribution in [0.3, 0.4) is 0 Å². The maximum Gasteiger partial charge on any atom is 0.349 e. The van der Waals surface area contributed by atoms with Crippen molar-refractivity contribution in [2.45, 2.75) is 6.61 Å². The van der Waals surface area contributed by atoms with Gasteiger partial charge in [0.05, 0.1) is 6.61 Å². The molecule has 1 aromatic rings. The Balaban J connectivity index is 1.59. The van der Waals surface area contributed by atoms with Crippen LogP contribution in [0.15, 0.2) is 42.5 Å². The average Bonchev–Trinajstić information content (AvgIpc) is 2.59. The molecular weight excluding hydrogens is 300 g/mol. The van der Waals surface area contributed by atoms with E-state index in [1.54, 1.807) is 5.06 Å². The molecule has 1 saturated heterocycles. The van der Waals surface area contributed by atoms with Crippen LogP contribution < -0.4 is 5.32 Å². The van der Waals surface area contributed by atoms with E-state index in [9.17, 15) is 9.59 Å². The largest absolute Gasteiger partial charge is 0.435 e. The van der Waals surface area contributed by atoms with Crippen LogP contribution >= 0.6 is 0 Å². The molecular formula is C16H20N2O5. The highest BCUT2D eigenvalue weighted by Crippen LogP contribution is 2.00. The van der Waals surface area contributed by atoms with Gasteiger partial charge in [-0.05, 0) is 5.56 Å². The van der Waals surface area contributed by atoms with Gasteiger partial charge in [0.1, 0.15) is 0 Å². The number of nitrogens with zero attached hydrogens (tertiary/aromatic N) is 1. The molecule has 1 fully saturated rings. The lowest BCUT2D eigenvalue weighted by atomic mass is 10.2. The molecule has 0 aliphatic carbocycles. The summed E-state index contributed by atoms with van der Waals surface area (Å²) < 4.78 is 10.0. The maximum absolute atomic E-state index is 11.5. The molecule has 7 heteroatoms. The standard InChI is InChI=1S/C16H20N2O5/c19-15(22-13-21-12-14-4-2-1-3-5-14)6-7-16(20)23-18-10-8-17-9-11-18/h1-7,17H,8-13H2/b7-6+. The fourth-order valence-corrected chi connectivity index (χ4v) is 1.91. The smallest absolute Gasteiger partial charge is 0.349 e. The molecule has 0 radical (unpaired) electrons. The van der Waals surface area contributed by atoms with Gasteiger partial charge in [-0.15, -0.1) is 5.06 Å². The second-order valence-corrected chi connectivity index (χ2v) is 4.84. The first-order valence-corrected chi connectivity index (χ1v) is 7.38. The first-order valence-electron chi connectivity index (χ1n) is 7.38. The summed E-state index contributed by atoms with van der Waals surface area (Å²) in [4.78, 5) is 28.0. The molecule has 1 aliphatic heterocycles. The molecule has 0 saturated carbocycles. The topological polar surface area (TPSA) is 77.1 Å². The number of benzene rings is 1. The Bertz CT molecular complexity index is 527. The van der Waals surface area contributed by atoms with Crippen molar-refractivity contribution in [3.63, 3.8) is 0 Å². The van der Waals surface area contributed by atoms with Crippen LogP contribution in [0.1, 0.15) is 5.56 Å². The summed E-state index contributed by atoms with van der Waals surface area (Å²) in [7, 11) is 0. The summed E-state index contributed by atoms with van der Waals surface area (Å²) in [6.07, 6.45) is 2.07. The number of piperazine rings is 1. The minimum atomic E-state index is -0.657. The highest BCUT2D eigenvalue weighted by molar-refractivity contribution is 5.91. The van der Waals surface area contributed by atoms with Crippen LogP contribution in [0, 0.1) is 0 Å². The fourth-order valence-electron chi connectivity index (χ4n) is 1.91. The van der Waals surface area contributed by atoms with Gasteiger partial charge in [0.15, 0.2) is 6.79 Å². The molecule has 23 heavy (non-hydrogen) atoms. The Morgan fingerprint density at radius 1 is 1.09 bits per heavy atom. The van der Waals surface area contributed by atoms with Gasteiger partial charge in [-0.3, -0.25) is 0 Å². The van der Waals surface area contributed by atoms with Gasteiger partial charge >= 0.3 is 11.9 Å². The predicted octanol–water partition coefficient (Wildman–Crippen LogP) is 0.624. The van der Waals surface area contributed by atoms with E-state index in [0.29, 0.717) is 19.7 Å². The molecule has 1 aliphatic rings. The zero-order valence-electron chi connectivity index (χ0n) is 12.8. The van der Waals surface area contributed by atoms with Crippen LogP contribution in [-0.4, -0.2) is 50.0 Å². The lowest BCUT2D eigenvalue weighted by molar-refractivity contribution is -0.186. The molecule has 0 amide bonds. The van der Waals surface area contributed by atoms with Crippen LogP contribution in [0.2, 0.25) is 0 Å². The van der Waals surface area contributed by atoms with E-state index in [4.69, 9.17) is 14.3 Å². The first-order chi connectivity index (χ1) is 11.2. The summed E-state index contributed by atoms with van der Waals surface area (Å²) in [5, 5.41) is 4.69. The highest BCUT2D eigenvalue weighted by Gasteiger charge is 2.13. The number of nitrogens with one attached hydrogen (secondary N) is 1. The van der Waals surface area contributed by atoms with Gasteiger partial charge in [0.2, 0.25) is 0 Å². The van der Waals surface area contributed by atoms with Crippen LogP contribution in [0.5, 0.6) is 0 Å². The van der Waals surface area contributed by atoms with Gasteiger partial charge in [-0.25, -0.2) is 9.59 Å². The Labute approximate surface area is 134 Å². The van der Waals surface area contributed by atoms with Gasteiger partial charge in [0, 0.05) is 38.3 Å². The predicted molar refractivity (Wildman–Crippen MR) is 81.9 cm³/mol. The third-order valence-corrected chi connectivity index (χ3v) is 3.05. The quantitative estimate of drug-likeness (QED) is 0.342. The SMILES string of the molecule is O=C(/C=C/C(=O)ON1CCNCC1)OCOCc1ccccc1. The maximum atomic E-state index is 11.5. The molecule has 2 rings (SSSR count).